The van der Waals surface area contributed by atoms with Crippen molar-refractivity contribution in [2.45, 2.75) is 0 Å². The highest BCUT2D eigenvalue weighted by Gasteiger charge is 1.97. The number of nitrogens with one attached hydrogen (secondary N) is 1. The zero-order chi connectivity index (χ0) is 15.9. The van der Waals surface area contributed by atoms with Crippen LogP contribution in [-0.4, -0.2) is 12.1 Å². The average Bonchev–Trinajstić information content (AvgIpc) is 2.63. The van der Waals surface area contributed by atoms with E-state index < -0.39 is 0 Å². The molecule has 1 N–H and O–H groups in total. The fourth-order valence-corrected chi connectivity index (χ4v) is 1.97. The highest BCUT2D eigenvalue weighted by Crippen LogP contribution is 2.23. The van der Waals surface area contributed by atoms with Crippen LogP contribution in [0, 0.1) is 0 Å². The Morgan fingerprint density at radius 3 is 2.13 bits per heavy atom. The first-order chi connectivity index (χ1) is 11.3. The summed E-state index contributed by atoms with van der Waals surface area (Å²) in [4.78, 5) is 4.10. The minimum Gasteiger partial charge on any atom is -0.497 e. The Morgan fingerprint density at radius 2 is 1.52 bits per heavy atom. The third-order valence-corrected chi connectivity index (χ3v) is 3.16. The van der Waals surface area contributed by atoms with E-state index in [1.807, 2.05) is 66.7 Å². The summed E-state index contributed by atoms with van der Waals surface area (Å²) >= 11 is 0. The second-order valence-electron chi connectivity index (χ2n) is 4.79. The topological polar surface area (TPSA) is 58.9 Å². The minimum atomic E-state index is 0.591. The Bertz CT molecular complexity index is 768. The number of methoxy groups -OCH3 is 1. The van der Waals surface area contributed by atoms with E-state index in [0.717, 1.165) is 22.8 Å². The summed E-state index contributed by atoms with van der Waals surface area (Å²) in [6.45, 7) is 0. The molecule has 0 bridgehead atoms. The van der Waals surface area contributed by atoms with E-state index in [0.29, 0.717) is 5.82 Å². The largest absolute Gasteiger partial charge is 0.497 e. The second kappa shape index (κ2) is 7.17. The van der Waals surface area contributed by atoms with E-state index in [1.54, 1.807) is 13.3 Å². The van der Waals surface area contributed by atoms with Gasteiger partial charge < -0.3 is 10.1 Å². The molecule has 114 valence electrons. The van der Waals surface area contributed by atoms with Crippen molar-refractivity contribution in [3.8, 4) is 5.75 Å². The molecule has 23 heavy (non-hydrogen) atoms. The number of azo groups is 1. The van der Waals surface area contributed by atoms with Gasteiger partial charge in [-0.2, -0.15) is 0 Å². The van der Waals surface area contributed by atoms with Gasteiger partial charge in [-0.05, 0) is 60.7 Å². The quantitative estimate of drug-likeness (QED) is 0.655. The summed E-state index contributed by atoms with van der Waals surface area (Å²) in [5.41, 5.74) is 2.75. The van der Waals surface area contributed by atoms with E-state index >= 15 is 0 Å². The minimum absolute atomic E-state index is 0.591. The van der Waals surface area contributed by atoms with Gasteiger partial charge in [0.1, 0.15) is 5.75 Å². The lowest BCUT2D eigenvalue weighted by Crippen LogP contribution is -1.89. The van der Waals surface area contributed by atoms with Crippen molar-refractivity contribution in [3.63, 3.8) is 0 Å². The molecule has 0 fully saturated rings. The molecule has 0 radical (unpaired) electrons. The highest BCUT2D eigenvalue weighted by atomic mass is 16.5. The number of benzene rings is 2. The molecule has 0 saturated carbocycles. The first kappa shape index (κ1) is 14.7. The number of nitrogens with zero attached hydrogens (tertiary/aromatic N) is 3. The summed E-state index contributed by atoms with van der Waals surface area (Å²) in [5.74, 6) is 1.42. The number of anilines is 2. The first-order valence-corrected chi connectivity index (χ1v) is 7.17. The predicted molar refractivity (Wildman–Crippen MR) is 91.1 cm³/mol. The van der Waals surface area contributed by atoms with Gasteiger partial charge in [0.05, 0.1) is 12.8 Å². The molecule has 0 atom stereocenters. The van der Waals surface area contributed by atoms with Crippen LogP contribution >= 0.6 is 0 Å². The van der Waals surface area contributed by atoms with E-state index in [-0.39, 0.29) is 0 Å². The van der Waals surface area contributed by atoms with Crippen molar-refractivity contribution in [1.82, 2.24) is 4.98 Å². The molecule has 2 aromatic carbocycles. The van der Waals surface area contributed by atoms with E-state index in [9.17, 15) is 0 Å². The van der Waals surface area contributed by atoms with Gasteiger partial charge >= 0.3 is 0 Å². The summed E-state index contributed by atoms with van der Waals surface area (Å²) in [6, 6.07) is 21.0. The molecule has 3 rings (SSSR count). The van der Waals surface area contributed by atoms with Gasteiger partial charge in [-0.25, -0.2) is 4.98 Å². The molecular weight excluding hydrogens is 288 g/mol. The number of ether oxygens (including phenoxy) is 1. The summed E-state index contributed by atoms with van der Waals surface area (Å²) < 4.78 is 5.14. The number of aromatic nitrogens is 1. The van der Waals surface area contributed by atoms with Crippen molar-refractivity contribution < 1.29 is 4.74 Å². The van der Waals surface area contributed by atoms with Crippen LogP contribution in [0.4, 0.5) is 22.9 Å². The van der Waals surface area contributed by atoms with Crippen LogP contribution in [-0.2, 0) is 0 Å². The monoisotopic (exact) mass is 304 g/mol. The fourth-order valence-electron chi connectivity index (χ4n) is 1.97. The lowest BCUT2D eigenvalue weighted by Gasteiger charge is -2.07. The molecule has 0 amide bonds. The predicted octanol–water partition coefficient (Wildman–Crippen LogP) is 5.25. The molecule has 5 nitrogen and oxygen atoms in total. The standard InChI is InChI=1S/C18H16N4O/c1-23-17-11-9-15(10-12-17)20-14-5-7-16(8-6-14)21-22-18-4-2-3-13-19-18/h2-13,20H,1H3. The van der Waals surface area contributed by atoms with Crippen LogP contribution in [0.2, 0.25) is 0 Å². The zero-order valence-corrected chi connectivity index (χ0v) is 12.7. The summed E-state index contributed by atoms with van der Waals surface area (Å²) in [7, 11) is 1.65. The Balaban J connectivity index is 1.65. The van der Waals surface area contributed by atoms with Gasteiger partial charge in [0.15, 0.2) is 5.82 Å². The van der Waals surface area contributed by atoms with Crippen LogP contribution in [0.3, 0.4) is 0 Å². The number of hydrogen-bond acceptors (Lipinski definition) is 5. The first-order valence-electron chi connectivity index (χ1n) is 7.17. The third kappa shape index (κ3) is 4.14. The van der Waals surface area contributed by atoms with E-state index in [4.69, 9.17) is 4.74 Å². The van der Waals surface area contributed by atoms with Gasteiger partial charge in [-0.1, -0.05) is 6.07 Å². The smallest absolute Gasteiger partial charge is 0.174 e. The Morgan fingerprint density at radius 1 is 0.826 bits per heavy atom. The SMILES string of the molecule is COc1ccc(Nc2ccc(N=Nc3ccccn3)cc2)cc1. The molecule has 0 unspecified atom stereocenters. The van der Waals surface area contributed by atoms with Crippen molar-refractivity contribution in [2.75, 3.05) is 12.4 Å². The summed E-state index contributed by atoms with van der Waals surface area (Å²) in [5, 5.41) is 11.6. The molecule has 3 aromatic rings. The van der Waals surface area contributed by atoms with E-state index in [2.05, 4.69) is 20.5 Å². The maximum absolute atomic E-state index is 5.14. The van der Waals surface area contributed by atoms with Gasteiger partial charge in [-0.3, -0.25) is 0 Å². The molecule has 0 saturated heterocycles. The molecule has 0 spiro atoms. The Labute approximate surface area is 134 Å². The molecule has 0 aliphatic heterocycles. The van der Waals surface area contributed by atoms with E-state index in [1.165, 1.54) is 0 Å². The number of rotatable bonds is 5. The molecular formula is C18H16N4O. The average molecular weight is 304 g/mol. The van der Waals surface area contributed by atoms with Crippen molar-refractivity contribution >= 4 is 22.9 Å². The Kier molecular flexibility index (Phi) is 4.59. The Hall–Kier alpha value is -3.21. The molecule has 1 heterocycles. The lowest BCUT2D eigenvalue weighted by atomic mass is 10.2. The molecule has 0 aliphatic rings. The zero-order valence-electron chi connectivity index (χ0n) is 12.7. The third-order valence-electron chi connectivity index (χ3n) is 3.16. The van der Waals surface area contributed by atoms with Gasteiger partial charge in [0.25, 0.3) is 0 Å². The maximum atomic E-state index is 5.14. The summed E-state index contributed by atoms with van der Waals surface area (Å²) in [6.07, 6.45) is 1.69. The van der Waals surface area contributed by atoms with Gasteiger partial charge in [-0.15, -0.1) is 10.2 Å². The number of pyridine rings is 1. The molecule has 1 aromatic heterocycles. The van der Waals surface area contributed by atoms with Crippen LogP contribution in [0.5, 0.6) is 5.75 Å². The van der Waals surface area contributed by atoms with Crippen molar-refractivity contribution in [2.24, 2.45) is 10.2 Å². The van der Waals surface area contributed by atoms with Crippen LogP contribution in [0.25, 0.3) is 0 Å². The fraction of sp³-hybridized carbons (Fsp3) is 0.0556. The van der Waals surface area contributed by atoms with Crippen LogP contribution in [0.15, 0.2) is 83.2 Å². The van der Waals surface area contributed by atoms with Crippen LogP contribution in [0.1, 0.15) is 0 Å². The molecule has 0 aliphatic carbocycles. The normalized spacial score (nSPS) is 10.7. The van der Waals surface area contributed by atoms with Gasteiger partial charge in [0.2, 0.25) is 0 Å². The van der Waals surface area contributed by atoms with Crippen molar-refractivity contribution in [3.05, 3.63) is 72.9 Å². The number of hydrogen-bond donors (Lipinski definition) is 1. The molecule has 5 heteroatoms. The van der Waals surface area contributed by atoms with Crippen LogP contribution < -0.4 is 10.1 Å². The maximum Gasteiger partial charge on any atom is 0.174 e. The lowest BCUT2D eigenvalue weighted by molar-refractivity contribution is 0.415. The highest BCUT2D eigenvalue weighted by molar-refractivity contribution is 5.62. The van der Waals surface area contributed by atoms with Crippen molar-refractivity contribution in [1.29, 1.82) is 0 Å². The second-order valence-corrected chi connectivity index (χ2v) is 4.79. The van der Waals surface area contributed by atoms with Gasteiger partial charge in [0, 0.05) is 17.6 Å².